The number of halogens is 2. The average molecular weight is 202 g/mol. The first-order valence-corrected chi connectivity index (χ1v) is 4.24. The molecule has 0 aliphatic heterocycles. The Hall–Kier alpha value is -1.23. The fourth-order valence-corrected chi connectivity index (χ4v) is 1.12. The molecule has 0 saturated heterocycles. The van der Waals surface area contributed by atoms with E-state index < -0.39 is 11.8 Å². The molecule has 0 aliphatic rings. The zero-order valence-corrected chi connectivity index (χ0v) is 7.89. The van der Waals surface area contributed by atoms with Crippen molar-refractivity contribution in [1.82, 2.24) is 4.98 Å². The van der Waals surface area contributed by atoms with Crippen molar-refractivity contribution >= 4 is 5.82 Å². The second-order valence-corrected chi connectivity index (χ2v) is 2.90. The van der Waals surface area contributed by atoms with Gasteiger partial charge in [0.25, 0.3) is 5.95 Å². The monoisotopic (exact) mass is 202 g/mol. The minimum atomic E-state index is -1.15. The highest BCUT2D eigenvalue weighted by Gasteiger charge is 2.08. The maximum Gasteiger partial charge on any atom is 0.250 e. The Morgan fingerprint density at radius 3 is 2.86 bits per heavy atom. The molecule has 1 heterocycles. The van der Waals surface area contributed by atoms with Crippen LogP contribution in [0.25, 0.3) is 0 Å². The number of methoxy groups -OCH3 is 1. The van der Waals surface area contributed by atoms with Crippen LogP contribution in [0.5, 0.6) is 0 Å². The third kappa shape index (κ3) is 2.63. The van der Waals surface area contributed by atoms with Crippen molar-refractivity contribution < 1.29 is 13.5 Å². The SMILES string of the molecule is COCCCc1cc(F)c(F)nc1N. The predicted octanol–water partition coefficient (Wildman–Crippen LogP) is 1.52. The number of ether oxygens (including phenoxy) is 1. The van der Waals surface area contributed by atoms with Crippen LogP contribution >= 0.6 is 0 Å². The minimum absolute atomic E-state index is 0.0417. The molecular formula is C9H12F2N2O. The number of aryl methyl sites for hydroxylation is 1. The Balaban J connectivity index is 2.72. The van der Waals surface area contributed by atoms with Gasteiger partial charge in [-0.25, -0.2) is 9.37 Å². The zero-order valence-electron chi connectivity index (χ0n) is 7.89. The molecule has 1 aromatic heterocycles. The molecule has 1 aromatic rings. The van der Waals surface area contributed by atoms with Gasteiger partial charge in [0, 0.05) is 13.7 Å². The van der Waals surface area contributed by atoms with Gasteiger partial charge in [0.05, 0.1) is 0 Å². The molecule has 14 heavy (non-hydrogen) atoms. The largest absolute Gasteiger partial charge is 0.385 e. The molecule has 3 nitrogen and oxygen atoms in total. The zero-order chi connectivity index (χ0) is 10.6. The Kier molecular flexibility index (Phi) is 3.76. The lowest BCUT2D eigenvalue weighted by molar-refractivity contribution is 0.195. The van der Waals surface area contributed by atoms with Crippen molar-refractivity contribution in [2.24, 2.45) is 0 Å². The van der Waals surface area contributed by atoms with Crippen LogP contribution in [0.1, 0.15) is 12.0 Å². The first-order valence-electron chi connectivity index (χ1n) is 4.24. The molecule has 2 N–H and O–H groups in total. The number of rotatable bonds is 4. The van der Waals surface area contributed by atoms with Gasteiger partial charge in [-0.1, -0.05) is 0 Å². The van der Waals surface area contributed by atoms with Crippen molar-refractivity contribution in [3.63, 3.8) is 0 Å². The van der Waals surface area contributed by atoms with Crippen LogP contribution in [-0.4, -0.2) is 18.7 Å². The first-order chi connectivity index (χ1) is 6.65. The molecule has 0 atom stereocenters. The molecule has 5 heteroatoms. The van der Waals surface area contributed by atoms with E-state index in [1.807, 2.05) is 0 Å². The lowest BCUT2D eigenvalue weighted by atomic mass is 10.1. The van der Waals surface area contributed by atoms with Crippen molar-refractivity contribution in [2.45, 2.75) is 12.8 Å². The summed E-state index contributed by atoms with van der Waals surface area (Å²) in [6.07, 6.45) is 1.23. The number of hydrogen-bond acceptors (Lipinski definition) is 3. The third-order valence-corrected chi connectivity index (χ3v) is 1.84. The van der Waals surface area contributed by atoms with Gasteiger partial charge in [0.2, 0.25) is 0 Å². The van der Waals surface area contributed by atoms with Gasteiger partial charge < -0.3 is 10.5 Å². The Morgan fingerprint density at radius 1 is 1.50 bits per heavy atom. The Bertz CT molecular complexity index is 318. The summed E-state index contributed by atoms with van der Waals surface area (Å²) in [5, 5.41) is 0. The number of nitrogens with zero attached hydrogens (tertiary/aromatic N) is 1. The lowest BCUT2D eigenvalue weighted by Gasteiger charge is -2.04. The molecule has 0 saturated carbocycles. The van der Waals surface area contributed by atoms with E-state index in [9.17, 15) is 8.78 Å². The summed E-state index contributed by atoms with van der Waals surface area (Å²) in [4.78, 5) is 3.25. The molecule has 0 aliphatic carbocycles. The molecule has 0 unspecified atom stereocenters. The van der Waals surface area contributed by atoms with Crippen molar-refractivity contribution in [3.05, 3.63) is 23.4 Å². The van der Waals surface area contributed by atoms with Gasteiger partial charge >= 0.3 is 0 Å². The van der Waals surface area contributed by atoms with E-state index in [1.54, 1.807) is 7.11 Å². The summed E-state index contributed by atoms with van der Waals surface area (Å²) in [6.45, 7) is 0.554. The smallest absolute Gasteiger partial charge is 0.250 e. The summed E-state index contributed by atoms with van der Waals surface area (Å²) in [6, 6.07) is 1.08. The number of nitrogen functional groups attached to an aromatic ring is 1. The molecule has 0 bridgehead atoms. The summed E-state index contributed by atoms with van der Waals surface area (Å²) in [5.41, 5.74) is 5.93. The van der Waals surface area contributed by atoms with E-state index >= 15 is 0 Å². The van der Waals surface area contributed by atoms with E-state index in [2.05, 4.69) is 4.98 Å². The van der Waals surface area contributed by atoms with Gasteiger partial charge in [0.15, 0.2) is 5.82 Å². The summed E-state index contributed by atoms with van der Waals surface area (Å²) in [5.74, 6) is -2.08. The molecule has 1 rings (SSSR count). The predicted molar refractivity (Wildman–Crippen MR) is 48.8 cm³/mol. The minimum Gasteiger partial charge on any atom is -0.385 e. The number of hydrogen-bond donors (Lipinski definition) is 1. The normalized spacial score (nSPS) is 10.5. The standard InChI is InChI=1S/C9H12F2N2O/c1-14-4-2-3-6-5-7(10)8(11)13-9(6)12/h5H,2-4H2,1H3,(H2,12,13). The highest BCUT2D eigenvalue weighted by atomic mass is 19.2. The Labute approximate surface area is 80.9 Å². The van der Waals surface area contributed by atoms with Gasteiger partial charge in [-0.05, 0) is 24.5 Å². The van der Waals surface area contributed by atoms with Crippen molar-refractivity contribution in [3.8, 4) is 0 Å². The summed E-state index contributed by atoms with van der Waals surface area (Å²) in [7, 11) is 1.58. The van der Waals surface area contributed by atoms with Crippen LogP contribution in [-0.2, 0) is 11.2 Å². The van der Waals surface area contributed by atoms with Gasteiger partial charge in [-0.3, -0.25) is 0 Å². The maximum atomic E-state index is 12.7. The van der Waals surface area contributed by atoms with E-state index in [4.69, 9.17) is 10.5 Å². The topological polar surface area (TPSA) is 48.1 Å². The lowest BCUT2D eigenvalue weighted by Crippen LogP contribution is -2.03. The van der Waals surface area contributed by atoms with Crippen LogP contribution in [0.3, 0.4) is 0 Å². The number of anilines is 1. The van der Waals surface area contributed by atoms with E-state index in [1.165, 1.54) is 0 Å². The second kappa shape index (κ2) is 4.85. The number of pyridine rings is 1. The van der Waals surface area contributed by atoms with Crippen LogP contribution in [0.15, 0.2) is 6.07 Å². The number of aromatic nitrogens is 1. The van der Waals surface area contributed by atoms with Crippen LogP contribution in [0.4, 0.5) is 14.6 Å². The van der Waals surface area contributed by atoms with Crippen LogP contribution in [0.2, 0.25) is 0 Å². The molecule has 0 amide bonds. The highest BCUT2D eigenvalue weighted by molar-refractivity contribution is 5.39. The molecular weight excluding hydrogens is 190 g/mol. The van der Waals surface area contributed by atoms with Crippen molar-refractivity contribution in [2.75, 3.05) is 19.5 Å². The highest BCUT2D eigenvalue weighted by Crippen LogP contribution is 2.14. The second-order valence-electron chi connectivity index (χ2n) is 2.90. The van der Waals surface area contributed by atoms with Gasteiger partial charge in [-0.2, -0.15) is 4.39 Å². The van der Waals surface area contributed by atoms with Crippen LogP contribution in [0, 0.1) is 11.8 Å². The molecule has 0 radical (unpaired) electrons. The van der Waals surface area contributed by atoms with E-state index in [0.29, 0.717) is 25.0 Å². The third-order valence-electron chi connectivity index (χ3n) is 1.84. The maximum absolute atomic E-state index is 12.7. The average Bonchev–Trinajstić information content (AvgIpc) is 2.14. The van der Waals surface area contributed by atoms with Crippen molar-refractivity contribution in [1.29, 1.82) is 0 Å². The fraction of sp³-hybridized carbons (Fsp3) is 0.444. The molecule has 0 spiro atoms. The van der Waals surface area contributed by atoms with Crippen LogP contribution < -0.4 is 5.73 Å². The summed E-state index contributed by atoms with van der Waals surface area (Å²) < 4.78 is 30.1. The van der Waals surface area contributed by atoms with Gasteiger partial charge in [0.1, 0.15) is 5.82 Å². The molecule has 78 valence electrons. The van der Waals surface area contributed by atoms with Gasteiger partial charge in [-0.15, -0.1) is 0 Å². The first kappa shape index (κ1) is 10.8. The number of nitrogens with two attached hydrogens (primary N) is 1. The molecule has 0 fully saturated rings. The van der Waals surface area contributed by atoms with E-state index in [0.717, 1.165) is 6.07 Å². The van der Waals surface area contributed by atoms with E-state index in [-0.39, 0.29) is 5.82 Å². The fourth-order valence-electron chi connectivity index (χ4n) is 1.12. The summed E-state index contributed by atoms with van der Waals surface area (Å²) >= 11 is 0. The quantitative estimate of drug-likeness (QED) is 0.594. The molecule has 0 aromatic carbocycles. The Morgan fingerprint density at radius 2 is 2.21 bits per heavy atom.